The number of hydrogen-bond donors (Lipinski definition) is 1. The maximum atomic E-state index is 13.2. The molecule has 1 aliphatic heterocycles. The van der Waals surface area contributed by atoms with Gasteiger partial charge in [-0.2, -0.15) is 5.10 Å². The molecule has 0 spiro atoms. The Morgan fingerprint density at radius 2 is 1.80 bits per heavy atom. The highest BCUT2D eigenvalue weighted by Gasteiger charge is 2.26. The van der Waals surface area contributed by atoms with E-state index in [1.54, 1.807) is 23.0 Å². The maximum Gasteiger partial charge on any atom is 0.257 e. The lowest BCUT2D eigenvalue weighted by atomic mass is 10.1. The number of nitrogens with zero attached hydrogens (tertiary/aromatic N) is 4. The molecule has 2 amide bonds. The molecule has 3 rings (SSSR count). The number of piperazine rings is 1. The topological polar surface area (TPSA) is 70.5 Å². The molecule has 8 heteroatoms. The van der Waals surface area contributed by atoms with E-state index in [4.69, 9.17) is 0 Å². The molecule has 0 unspecified atom stereocenters. The van der Waals surface area contributed by atoms with Crippen molar-refractivity contribution >= 4 is 11.8 Å². The van der Waals surface area contributed by atoms with E-state index in [1.165, 1.54) is 12.1 Å². The third-order valence-corrected chi connectivity index (χ3v) is 5.38. The summed E-state index contributed by atoms with van der Waals surface area (Å²) in [6.07, 6.45) is 4.27. The van der Waals surface area contributed by atoms with Crippen molar-refractivity contribution < 1.29 is 14.0 Å². The Balaban J connectivity index is 1.60. The van der Waals surface area contributed by atoms with Crippen molar-refractivity contribution in [2.75, 3.05) is 39.3 Å². The van der Waals surface area contributed by atoms with E-state index >= 15 is 0 Å². The molecule has 0 aliphatic carbocycles. The standard InChI is InChI=1S/C22H30FN5O2/c1-3-5-10-24-21(29)16-26-11-13-27(14-12-26)22(30)19-15-25-28(20(19)4-2)18-8-6-17(23)7-9-18/h6-9,15H,3-5,10-14,16H2,1-2H3,(H,24,29). The zero-order chi connectivity index (χ0) is 21.5. The van der Waals surface area contributed by atoms with Crippen LogP contribution in [0.15, 0.2) is 30.5 Å². The van der Waals surface area contributed by atoms with Crippen molar-refractivity contribution in [3.05, 3.63) is 47.5 Å². The molecule has 0 saturated carbocycles. The van der Waals surface area contributed by atoms with Crippen LogP contribution in [0.4, 0.5) is 4.39 Å². The number of carbonyl (C=O) groups excluding carboxylic acids is 2. The molecular formula is C22H30FN5O2. The Labute approximate surface area is 176 Å². The number of rotatable bonds is 8. The van der Waals surface area contributed by atoms with Gasteiger partial charge in [-0.1, -0.05) is 20.3 Å². The van der Waals surface area contributed by atoms with Crippen molar-refractivity contribution in [2.24, 2.45) is 0 Å². The highest BCUT2D eigenvalue weighted by atomic mass is 19.1. The van der Waals surface area contributed by atoms with Crippen LogP contribution in [-0.4, -0.2) is 70.7 Å². The van der Waals surface area contributed by atoms with E-state index in [0.29, 0.717) is 51.3 Å². The minimum atomic E-state index is -0.308. The van der Waals surface area contributed by atoms with Gasteiger partial charge in [0, 0.05) is 32.7 Å². The first kappa shape index (κ1) is 22.0. The van der Waals surface area contributed by atoms with Gasteiger partial charge < -0.3 is 10.2 Å². The molecule has 7 nitrogen and oxygen atoms in total. The number of halogens is 1. The molecule has 0 atom stereocenters. The van der Waals surface area contributed by atoms with Gasteiger partial charge in [0.2, 0.25) is 5.91 Å². The first-order chi connectivity index (χ1) is 14.5. The molecule has 1 fully saturated rings. The van der Waals surface area contributed by atoms with E-state index in [9.17, 15) is 14.0 Å². The summed E-state index contributed by atoms with van der Waals surface area (Å²) in [5.41, 5.74) is 2.11. The molecule has 30 heavy (non-hydrogen) atoms. The van der Waals surface area contributed by atoms with E-state index in [0.717, 1.165) is 24.2 Å². The van der Waals surface area contributed by atoms with Crippen molar-refractivity contribution in [2.45, 2.75) is 33.1 Å². The average molecular weight is 416 g/mol. The Morgan fingerprint density at radius 3 is 2.43 bits per heavy atom. The molecule has 2 heterocycles. The molecule has 1 aromatic heterocycles. The SMILES string of the molecule is CCCCNC(=O)CN1CCN(C(=O)c2cnn(-c3ccc(F)cc3)c2CC)CC1. The molecule has 1 aromatic carbocycles. The minimum absolute atomic E-state index is 0.0390. The van der Waals surface area contributed by atoms with E-state index in [1.807, 2.05) is 11.8 Å². The number of nitrogens with one attached hydrogen (secondary N) is 1. The van der Waals surface area contributed by atoms with Gasteiger partial charge in [-0.25, -0.2) is 9.07 Å². The van der Waals surface area contributed by atoms with Crippen LogP contribution >= 0.6 is 0 Å². The Kier molecular flexibility index (Phi) is 7.57. The fourth-order valence-corrected chi connectivity index (χ4v) is 3.64. The van der Waals surface area contributed by atoms with Crippen LogP contribution in [-0.2, 0) is 11.2 Å². The summed E-state index contributed by atoms with van der Waals surface area (Å²) in [6, 6.07) is 6.07. The lowest BCUT2D eigenvalue weighted by Crippen LogP contribution is -2.51. The predicted octanol–water partition coefficient (Wildman–Crippen LogP) is 2.25. The molecule has 1 aliphatic rings. The highest BCUT2D eigenvalue weighted by molar-refractivity contribution is 5.95. The molecule has 0 bridgehead atoms. The molecule has 1 saturated heterocycles. The third kappa shape index (κ3) is 5.24. The first-order valence-electron chi connectivity index (χ1n) is 10.6. The zero-order valence-corrected chi connectivity index (χ0v) is 17.7. The minimum Gasteiger partial charge on any atom is -0.355 e. The normalized spacial score (nSPS) is 14.7. The second kappa shape index (κ2) is 10.3. The lowest BCUT2D eigenvalue weighted by Gasteiger charge is -2.34. The smallest absolute Gasteiger partial charge is 0.257 e. The summed E-state index contributed by atoms with van der Waals surface area (Å²) < 4.78 is 14.9. The monoisotopic (exact) mass is 415 g/mol. The average Bonchev–Trinajstić information content (AvgIpc) is 3.18. The van der Waals surface area contributed by atoms with Gasteiger partial charge in [0.1, 0.15) is 5.82 Å². The third-order valence-electron chi connectivity index (χ3n) is 5.38. The Hall–Kier alpha value is -2.74. The molecular weight excluding hydrogens is 385 g/mol. The van der Waals surface area contributed by atoms with Gasteiger partial charge in [-0.05, 0) is 37.1 Å². The van der Waals surface area contributed by atoms with Gasteiger partial charge >= 0.3 is 0 Å². The number of carbonyl (C=O) groups is 2. The van der Waals surface area contributed by atoms with Crippen LogP contribution < -0.4 is 5.32 Å². The van der Waals surface area contributed by atoms with Gasteiger partial charge in [-0.15, -0.1) is 0 Å². The number of hydrogen-bond acceptors (Lipinski definition) is 4. The number of amides is 2. The number of unbranched alkanes of at least 4 members (excludes halogenated alkanes) is 1. The summed E-state index contributed by atoms with van der Waals surface area (Å²) in [7, 11) is 0. The van der Waals surface area contributed by atoms with Gasteiger partial charge in [0.05, 0.1) is 29.7 Å². The highest BCUT2D eigenvalue weighted by Crippen LogP contribution is 2.19. The number of benzene rings is 1. The first-order valence-corrected chi connectivity index (χ1v) is 10.6. The van der Waals surface area contributed by atoms with Crippen molar-refractivity contribution in [1.29, 1.82) is 0 Å². The summed E-state index contributed by atoms with van der Waals surface area (Å²) >= 11 is 0. The molecule has 162 valence electrons. The van der Waals surface area contributed by atoms with Crippen molar-refractivity contribution in [1.82, 2.24) is 24.9 Å². The largest absolute Gasteiger partial charge is 0.355 e. The second-order valence-electron chi connectivity index (χ2n) is 7.52. The van der Waals surface area contributed by atoms with Crippen LogP contribution in [0.25, 0.3) is 5.69 Å². The van der Waals surface area contributed by atoms with Crippen LogP contribution in [0.1, 0.15) is 42.7 Å². The summed E-state index contributed by atoms with van der Waals surface area (Å²) in [6.45, 7) is 7.64. The van der Waals surface area contributed by atoms with Gasteiger partial charge in [0.25, 0.3) is 5.91 Å². The quantitative estimate of drug-likeness (QED) is 0.672. The molecule has 2 aromatic rings. The van der Waals surface area contributed by atoms with Crippen LogP contribution in [0, 0.1) is 5.82 Å². The van der Waals surface area contributed by atoms with Gasteiger partial charge in [0.15, 0.2) is 0 Å². The fourth-order valence-electron chi connectivity index (χ4n) is 3.64. The summed E-state index contributed by atoms with van der Waals surface area (Å²) in [4.78, 5) is 29.0. The van der Waals surface area contributed by atoms with Crippen molar-refractivity contribution in [3.63, 3.8) is 0 Å². The zero-order valence-electron chi connectivity index (χ0n) is 17.7. The van der Waals surface area contributed by atoms with E-state index < -0.39 is 0 Å². The van der Waals surface area contributed by atoms with Crippen LogP contribution in [0.2, 0.25) is 0 Å². The van der Waals surface area contributed by atoms with E-state index in [2.05, 4.69) is 22.2 Å². The van der Waals surface area contributed by atoms with Crippen LogP contribution in [0.3, 0.4) is 0 Å². The summed E-state index contributed by atoms with van der Waals surface area (Å²) in [5, 5.41) is 7.31. The van der Waals surface area contributed by atoms with Gasteiger partial charge in [-0.3, -0.25) is 14.5 Å². The lowest BCUT2D eigenvalue weighted by molar-refractivity contribution is -0.122. The second-order valence-corrected chi connectivity index (χ2v) is 7.52. The molecule has 0 radical (unpaired) electrons. The predicted molar refractivity (Wildman–Crippen MR) is 113 cm³/mol. The molecule has 1 N–H and O–H groups in total. The Morgan fingerprint density at radius 1 is 1.10 bits per heavy atom. The van der Waals surface area contributed by atoms with Crippen molar-refractivity contribution in [3.8, 4) is 5.69 Å². The Bertz CT molecular complexity index is 857. The van der Waals surface area contributed by atoms with Crippen LogP contribution in [0.5, 0.6) is 0 Å². The van der Waals surface area contributed by atoms with E-state index in [-0.39, 0.29) is 17.6 Å². The maximum absolute atomic E-state index is 13.2. The number of aromatic nitrogens is 2. The fraction of sp³-hybridized carbons (Fsp3) is 0.500. The summed E-state index contributed by atoms with van der Waals surface area (Å²) in [5.74, 6) is -0.318.